The van der Waals surface area contributed by atoms with Gasteiger partial charge in [-0.2, -0.15) is 5.26 Å². The van der Waals surface area contributed by atoms with Crippen molar-refractivity contribution < 1.29 is 4.74 Å². The van der Waals surface area contributed by atoms with Gasteiger partial charge in [-0.25, -0.2) is 0 Å². The van der Waals surface area contributed by atoms with E-state index in [0.717, 1.165) is 0 Å². The Hall–Kier alpha value is -1.23. The third-order valence-electron chi connectivity index (χ3n) is 0.534. The molecule has 2 nitrogen and oxygen atoms in total. The van der Waals surface area contributed by atoms with E-state index in [1.54, 1.807) is 0 Å². The molecular weight excluding hydrogens is 102 g/mol. The van der Waals surface area contributed by atoms with E-state index < -0.39 is 0 Å². The molecule has 0 rings (SSSR count). The minimum Gasteiger partial charge on any atom is -0.496 e. The van der Waals surface area contributed by atoms with Gasteiger partial charge >= 0.3 is 0 Å². The number of nitriles is 1. The van der Waals surface area contributed by atoms with Gasteiger partial charge in [-0.3, -0.25) is 0 Å². The molecule has 2 heteroatoms. The van der Waals surface area contributed by atoms with Crippen molar-refractivity contribution in [3.05, 3.63) is 25.0 Å². The fraction of sp³-hybridized carbons (Fsp3) is 0.167. The summed E-state index contributed by atoms with van der Waals surface area (Å²) in [7, 11) is 0. The molecule has 0 spiro atoms. The fourth-order valence-electron chi connectivity index (χ4n) is 0.192. The van der Waals surface area contributed by atoms with Gasteiger partial charge in [0.1, 0.15) is 6.61 Å². The van der Waals surface area contributed by atoms with Crippen LogP contribution in [0.5, 0.6) is 0 Å². The zero-order chi connectivity index (χ0) is 6.41. The van der Waals surface area contributed by atoms with Gasteiger partial charge in [0.2, 0.25) is 0 Å². The van der Waals surface area contributed by atoms with Gasteiger partial charge in [-0.15, -0.1) is 0 Å². The summed E-state index contributed by atoms with van der Waals surface area (Å²) in [6.45, 7) is 6.92. The maximum Gasteiger partial charge on any atom is 0.122 e. The van der Waals surface area contributed by atoms with Gasteiger partial charge in [-0.05, 0) is 0 Å². The Morgan fingerprint density at radius 3 is 2.88 bits per heavy atom. The van der Waals surface area contributed by atoms with E-state index >= 15 is 0 Å². The molecule has 0 unspecified atom stereocenters. The summed E-state index contributed by atoms with van der Waals surface area (Å²) in [5.41, 5.74) is 0.407. The zero-order valence-corrected chi connectivity index (χ0v) is 4.55. The monoisotopic (exact) mass is 109 g/mol. The third-order valence-corrected chi connectivity index (χ3v) is 0.534. The molecule has 0 radical (unpaired) electrons. The van der Waals surface area contributed by atoms with E-state index in [1.165, 1.54) is 6.26 Å². The molecule has 0 heterocycles. The van der Waals surface area contributed by atoms with Crippen LogP contribution in [-0.4, -0.2) is 6.61 Å². The molecule has 0 aromatic carbocycles. The molecule has 0 aromatic heterocycles. The molecule has 0 saturated heterocycles. The Morgan fingerprint density at radius 1 is 1.88 bits per heavy atom. The summed E-state index contributed by atoms with van der Waals surface area (Å²) in [5.74, 6) is 0. The quantitative estimate of drug-likeness (QED) is 0.403. The standard InChI is InChI=1S/C6H7NO/c1-3-8-5-6(2)4-7/h3H,1-2,5H2. The number of nitrogens with zero attached hydrogens (tertiary/aromatic N) is 1. The molecule has 0 aliphatic rings. The summed E-state index contributed by atoms with van der Waals surface area (Å²) in [6.07, 6.45) is 1.28. The number of hydrogen-bond acceptors (Lipinski definition) is 2. The summed E-state index contributed by atoms with van der Waals surface area (Å²) in [6, 6.07) is 1.83. The number of hydrogen-bond donors (Lipinski definition) is 0. The van der Waals surface area contributed by atoms with Gasteiger partial charge in [0, 0.05) is 0 Å². The summed E-state index contributed by atoms with van der Waals surface area (Å²) >= 11 is 0. The van der Waals surface area contributed by atoms with Crippen LogP contribution in [0.2, 0.25) is 0 Å². The minimum absolute atomic E-state index is 0.250. The fourth-order valence-corrected chi connectivity index (χ4v) is 0.192. The normalized spacial score (nSPS) is 6.88. The third kappa shape index (κ3) is 2.98. The Balaban J connectivity index is 3.29. The molecule has 0 N–H and O–H groups in total. The van der Waals surface area contributed by atoms with Gasteiger partial charge in [0.25, 0.3) is 0 Å². The molecule has 0 aliphatic carbocycles. The second-order valence-electron chi connectivity index (χ2n) is 1.19. The first-order valence-electron chi connectivity index (χ1n) is 2.11. The van der Waals surface area contributed by atoms with E-state index in [-0.39, 0.29) is 6.61 Å². The largest absolute Gasteiger partial charge is 0.496 e. The van der Waals surface area contributed by atoms with Crippen LogP contribution < -0.4 is 0 Å². The maximum atomic E-state index is 8.10. The van der Waals surface area contributed by atoms with E-state index in [1.807, 2.05) is 6.07 Å². The second-order valence-corrected chi connectivity index (χ2v) is 1.19. The Labute approximate surface area is 48.7 Å². The molecule has 0 amide bonds. The van der Waals surface area contributed by atoms with Gasteiger partial charge in [0.05, 0.1) is 17.9 Å². The average Bonchev–Trinajstić information content (AvgIpc) is 1.83. The first-order chi connectivity index (χ1) is 3.81. The number of ether oxygens (including phenoxy) is 1. The van der Waals surface area contributed by atoms with Crippen LogP contribution in [0.15, 0.2) is 25.0 Å². The van der Waals surface area contributed by atoms with E-state index in [2.05, 4.69) is 17.9 Å². The summed E-state index contributed by atoms with van der Waals surface area (Å²) in [4.78, 5) is 0. The summed E-state index contributed by atoms with van der Waals surface area (Å²) < 4.78 is 4.63. The highest BCUT2D eigenvalue weighted by Gasteiger charge is 1.85. The van der Waals surface area contributed by atoms with Crippen molar-refractivity contribution >= 4 is 0 Å². The molecule has 0 aliphatic heterocycles. The van der Waals surface area contributed by atoms with Crippen LogP contribution >= 0.6 is 0 Å². The van der Waals surface area contributed by atoms with Crippen molar-refractivity contribution in [1.82, 2.24) is 0 Å². The predicted molar refractivity (Wildman–Crippen MR) is 30.9 cm³/mol. The topological polar surface area (TPSA) is 33.0 Å². The zero-order valence-electron chi connectivity index (χ0n) is 4.55. The SMILES string of the molecule is C=COCC(=C)C#N. The molecule has 0 bridgehead atoms. The lowest BCUT2D eigenvalue weighted by Crippen LogP contribution is -1.86. The minimum atomic E-state index is 0.250. The highest BCUT2D eigenvalue weighted by molar-refractivity contribution is 5.15. The van der Waals surface area contributed by atoms with Crippen molar-refractivity contribution in [2.75, 3.05) is 6.61 Å². The highest BCUT2D eigenvalue weighted by Crippen LogP contribution is 1.86. The van der Waals surface area contributed by atoms with Crippen LogP contribution in [0.4, 0.5) is 0 Å². The molecule has 8 heavy (non-hydrogen) atoms. The smallest absolute Gasteiger partial charge is 0.122 e. The lowest BCUT2D eigenvalue weighted by Gasteiger charge is -1.92. The Bertz CT molecular complexity index is 132. The average molecular weight is 109 g/mol. The molecule has 0 aromatic rings. The lowest BCUT2D eigenvalue weighted by molar-refractivity contribution is 0.286. The highest BCUT2D eigenvalue weighted by atomic mass is 16.5. The van der Waals surface area contributed by atoms with Crippen LogP contribution in [-0.2, 0) is 4.74 Å². The predicted octanol–water partition coefficient (Wildman–Crippen LogP) is 1.23. The molecule has 0 atom stereocenters. The molecule has 0 saturated carbocycles. The van der Waals surface area contributed by atoms with E-state index in [4.69, 9.17) is 5.26 Å². The maximum absolute atomic E-state index is 8.10. The molecular formula is C6H7NO. The van der Waals surface area contributed by atoms with Crippen molar-refractivity contribution in [1.29, 1.82) is 5.26 Å². The molecule has 0 fully saturated rings. The van der Waals surface area contributed by atoms with Crippen molar-refractivity contribution in [2.45, 2.75) is 0 Å². The van der Waals surface area contributed by atoms with Crippen molar-refractivity contribution in [3.63, 3.8) is 0 Å². The molecule has 42 valence electrons. The van der Waals surface area contributed by atoms with Crippen LogP contribution in [0.25, 0.3) is 0 Å². The van der Waals surface area contributed by atoms with Gasteiger partial charge in [0.15, 0.2) is 0 Å². The van der Waals surface area contributed by atoms with Crippen LogP contribution in [0, 0.1) is 11.3 Å². The number of rotatable bonds is 3. The Kier molecular flexibility index (Phi) is 3.34. The Morgan fingerprint density at radius 2 is 2.50 bits per heavy atom. The van der Waals surface area contributed by atoms with Crippen molar-refractivity contribution in [2.24, 2.45) is 0 Å². The van der Waals surface area contributed by atoms with Crippen LogP contribution in [0.1, 0.15) is 0 Å². The van der Waals surface area contributed by atoms with Gasteiger partial charge < -0.3 is 4.74 Å². The first kappa shape index (κ1) is 6.77. The van der Waals surface area contributed by atoms with E-state index in [0.29, 0.717) is 5.57 Å². The van der Waals surface area contributed by atoms with Crippen LogP contribution in [0.3, 0.4) is 0 Å². The first-order valence-corrected chi connectivity index (χ1v) is 2.11. The second kappa shape index (κ2) is 3.94. The van der Waals surface area contributed by atoms with E-state index in [9.17, 15) is 0 Å². The lowest BCUT2D eigenvalue weighted by atomic mass is 10.4. The van der Waals surface area contributed by atoms with Crippen molar-refractivity contribution in [3.8, 4) is 6.07 Å². The van der Waals surface area contributed by atoms with Gasteiger partial charge in [-0.1, -0.05) is 13.2 Å². The summed E-state index contributed by atoms with van der Waals surface area (Å²) in [5, 5.41) is 8.10.